The van der Waals surface area contributed by atoms with Crippen molar-refractivity contribution in [1.29, 1.82) is 0 Å². The summed E-state index contributed by atoms with van der Waals surface area (Å²) in [5, 5.41) is 23.3. The maximum absolute atomic E-state index is 9.82. The molecule has 0 fully saturated rings. The standard InChI is InChI=1S/C4H8O2.C4H10O2.C4H10O.C2H6O2/c1-3-6-4(2)5;1-2-6-4-3-5;1-3-5-4-2;3-1-2-4/h3H2,1-2H3;5H,2-4H2,1H3;3-4H2,1-2H3;3-4H,1-2H2. The highest BCUT2D eigenvalue weighted by molar-refractivity contribution is 5.65. The molecule has 0 atom stereocenters. The Hall–Kier alpha value is -0.730. The summed E-state index contributed by atoms with van der Waals surface area (Å²) in [6, 6.07) is 0. The number of hydrogen-bond acceptors (Lipinski definition) is 7. The first-order valence-corrected chi connectivity index (χ1v) is 7.13. The molecule has 21 heavy (non-hydrogen) atoms. The molecule has 0 heterocycles. The number of carbonyl (C=O) groups excluding carboxylic acids is 1. The molecule has 7 nitrogen and oxygen atoms in total. The van der Waals surface area contributed by atoms with Gasteiger partial charge in [-0.05, 0) is 27.7 Å². The minimum absolute atomic E-state index is 0.125. The Bertz CT molecular complexity index is 146. The number of hydrogen-bond donors (Lipinski definition) is 3. The van der Waals surface area contributed by atoms with Gasteiger partial charge in [-0.15, -0.1) is 0 Å². The Morgan fingerprint density at radius 3 is 1.24 bits per heavy atom. The molecule has 7 heteroatoms. The van der Waals surface area contributed by atoms with E-state index >= 15 is 0 Å². The summed E-state index contributed by atoms with van der Waals surface area (Å²) < 4.78 is 14.0. The van der Waals surface area contributed by atoms with Gasteiger partial charge in [-0.2, -0.15) is 0 Å². The van der Waals surface area contributed by atoms with Crippen molar-refractivity contribution < 1.29 is 34.3 Å². The molecule has 0 amide bonds. The highest BCUT2D eigenvalue weighted by Crippen LogP contribution is 1.69. The van der Waals surface area contributed by atoms with E-state index in [0.29, 0.717) is 19.8 Å². The molecule has 0 aliphatic rings. The Morgan fingerprint density at radius 2 is 1.19 bits per heavy atom. The van der Waals surface area contributed by atoms with E-state index in [1.807, 2.05) is 20.8 Å². The van der Waals surface area contributed by atoms with Gasteiger partial charge in [0.25, 0.3) is 0 Å². The Morgan fingerprint density at radius 1 is 0.762 bits per heavy atom. The second-order valence-corrected chi connectivity index (χ2v) is 3.07. The van der Waals surface area contributed by atoms with E-state index in [2.05, 4.69) is 4.74 Å². The van der Waals surface area contributed by atoms with Gasteiger partial charge in [0, 0.05) is 26.7 Å². The van der Waals surface area contributed by atoms with Gasteiger partial charge < -0.3 is 29.5 Å². The van der Waals surface area contributed by atoms with Crippen LogP contribution in [-0.4, -0.2) is 74.1 Å². The van der Waals surface area contributed by atoms with Gasteiger partial charge >= 0.3 is 5.97 Å². The van der Waals surface area contributed by atoms with Crippen molar-refractivity contribution in [3.63, 3.8) is 0 Å². The molecular formula is C14H34O7. The Labute approximate surface area is 128 Å². The first kappa shape index (κ1) is 28.4. The number of carbonyl (C=O) groups is 1. The van der Waals surface area contributed by atoms with Crippen molar-refractivity contribution in [3.8, 4) is 0 Å². The van der Waals surface area contributed by atoms with Crippen molar-refractivity contribution in [2.75, 3.05) is 52.9 Å². The lowest BCUT2D eigenvalue weighted by Gasteiger charge is -1.91. The van der Waals surface area contributed by atoms with E-state index in [4.69, 9.17) is 24.8 Å². The first-order valence-electron chi connectivity index (χ1n) is 7.13. The molecule has 0 unspecified atom stereocenters. The van der Waals surface area contributed by atoms with Crippen LogP contribution in [0.1, 0.15) is 34.6 Å². The van der Waals surface area contributed by atoms with Crippen LogP contribution in [0, 0.1) is 0 Å². The number of ether oxygens (including phenoxy) is 3. The predicted molar refractivity (Wildman–Crippen MR) is 82.2 cm³/mol. The van der Waals surface area contributed by atoms with Crippen molar-refractivity contribution in [3.05, 3.63) is 0 Å². The SMILES string of the molecule is CCOC(C)=O.CCOCC.CCOCCO.OCCO. The van der Waals surface area contributed by atoms with E-state index in [1.54, 1.807) is 6.92 Å². The predicted octanol–water partition coefficient (Wildman–Crippen LogP) is 0.598. The highest BCUT2D eigenvalue weighted by atomic mass is 16.5. The summed E-state index contributed by atoms with van der Waals surface area (Å²) in [4.78, 5) is 9.82. The monoisotopic (exact) mass is 314 g/mol. The molecule has 0 radical (unpaired) electrons. The maximum Gasteiger partial charge on any atom is 0.302 e. The lowest BCUT2D eigenvalue weighted by molar-refractivity contribution is -0.140. The molecule has 0 bridgehead atoms. The normalized spacial score (nSPS) is 8.19. The topological polar surface area (TPSA) is 105 Å². The third kappa shape index (κ3) is 84.0. The fraction of sp³-hybridized carbons (Fsp3) is 0.929. The lowest BCUT2D eigenvalue weighted by atomic mass is 10.8. The first-order chi connectivity index (χ1) is 10.0. The van der Waals surface area contributed by atoms with Crippen LogP contribution in [0.3, 0.4) is 0 Å². The fourth-order valence-electron chi connectivity index (χ4n) is 0.616. The van der Waals surface area contributed by atoms with E-state index in [0.717, 1.165) is 13.2 Å². The van der Waals surface area contributed by atoms with Crippen LogP contribution in [0.25, 0.3) is 0 Å². The zero-order chi connectivity index (χ0) is 17.4. The molecule has 0 aliphatic heterocycles. The van der Waals surface area contributed by atoms with Gasteiger partial charge in [0.05, 0.1) is 33.0 Å². The fourth-order valence-corrected chi connectivity index (χ4v) is 0.616. The number of aliphatic hydroxyl groups excluding tert-OH is 3. The van der Waals surface area contributed by atoms with Gasteiger partial charge in [-0.1, -0.05) is 0 Å². The van der Waals surface area contributed by atoms with Crippen LogP contribution in [0.5, 0.6) is 0 Å². The number of esters is 1. The molecule has 0 aromatic heterocycles. The zero-order valence-corrected chi connectivity index (χ0v) is 14.1. The number of aliphatic hydroxyl groups is 3. The van der Waals surface area contributed by atoms with Gasteiger partial charge in [0.15, 0.2) is 0 Å². The smallest absolute Gasteiger partial charge is 0.302 e. The molecule has 0 rings (SSSR count). The molecule has 132 valence electrons. The van der Waals surface area contributed by atoms with E-state index in [9.17, 15) is 4.79 Å². The summed E-state index contributed by atoms with van der Waals surface area (Å²) in [6.45, 7) is 12.3. The Balaban J connectivity index is -0.0000000929. The van der Waals surface area contributed by atoms with Crippen molar-refractivity contribution >= 4 is 5.97 Å². The molecule has 0 aromatic carbocycles. The summed E-state index contributed by atoms with van der Waals surface area (Å²) in [7, 11) is 0. The van der Waals surface area contributed by atoms with E-state index < -0.39 is 0 Å². The minimum Gasteiger partial charge on any atom is -0.466 e. The van der Waals surface area contributed by atoms with Crippen LogP contribution in [-0.2, 0) is 19.0 Å². The van der Waals surface area contributed by atoms with Crippen molar-refractivity contribution in [2.45, 2.75) is 34.6 Å². The molecule has 0 saturated heterocycles. The third-order valence-electron chi connectivity index (χ3n) is 1.30. The molecule has 0 aromatic rings. The van der Waals surface area contributed by atoms with Gasteiger partial charge in [0.2, 0.25) is 0 Å². The molecule has 0 spiro atoms. The lowest BCUT2D eigenvalue weighted by Crippen LogP contribution is -1.96. The third-order valence-corrected chi connectivity index (χ3v) is 1.30. The summed E-state index contributed by atoms with van der Waals surface area (Å²) >= 11 is 0. The van der Waals surface area contributed by atoms with Crippen molar-refractivity contribution in [1.82, 2.24) is 0 Å². The van der Waals surface area contributed by atoms with Crippen LogP contribution in [0.2, 0.25) is 0 Å². The van der Waals surface area contributed by atoms with Crippen LogP contribution in [0.4, 0.5) is 0 Å². The largest absolute Gasteiger partial charge is 0.466 e. The minimum atomic E-state index is -0.211. The van der Waals surface area contributed by atoms with Gasteiger partial charge in [-0.25, -0.2) is 0 Å². The molecule has 0 saturated carbocycles. The Kier molecular flexibility index (Phi) is 49.5. The average molecular weight is 314 g/mol. The second kappa shape index (κ2) is 36.5. The average Bonchev–Trinajstić information content (AvgIpc) is 2.47. The molecular weight excluding hydrogens is 280 g/mol. The molecule has 3 N–H and O–H groups in total. The second-order valence-electron chi connectivity index (χ2n) is 3.07. The van der Waals surface area contributed by atoms with Crippen LogP contribution >= 0.6 is 0 Å². The van der Waals surface area contributed by atoms with E-state index in [-0.39, 0.29) is 25.8 Å². The molecule has 0 aliphatic carbocycles. The quantitative estimate of drug-likeness (QED) is 0.467. The summed E-state index contributed by atoms with van der Waals surface area (Å²) in [5.41, 5.74) is 0. The van der Waals surface area contributed by atoms with Gasteiger partial charge in [0.1, 0.15) is 0 Å². The summed E-state index contributed by atoms with van der Waals surface area (Å²) in [5.74, 6) is -0.211. The summed E-state index contributed by atoms with van der Waals surface area (Å²) in [6.07, 6.45) is 0. The van der Waals surface area contributed by atoms with Crippen LogP contribution < -0.4 is 0 Å². The van der Waals surface area contributed by atoms with Crippen LogP contribution in [0.15, 0.2) is 0 Å². The zero-order valence-electron chi connectivity index (χ0n) is 14.1. The van der Waals surface area contributed by atoms with Gasteiger partial charge in [-0.3, -0.25) is 4.79 Å². The number of rotatable bonds is 7. The highest BCUT2D eigenvalue weighted by Gasteiger charge is 1.81. The maximum atomic E-state index is 9.82. The van der Waals surface area contributed by atoms with E-state index in [1.165, 1.54) is 6.92 Å². The van der Waals surface area contributed by atoms with Crippen molar-refractivity contribution in [2.24, 2.45) is 0 Å².